The van der Waals surface area contributed by atoms with Gasteiger partial charge >= 0.3 is 0 Å². The Bertz CT molecular complexity index is 499. The number of hydrogen-bond acceptors (Lipinski definition) is 1. The van der Waals surface area contributed by atoms with Crippen LogP contribution in [0.1, 0.15) is 27.6 Å². The van der Waals surface area contributed by atoms with E-state index in [1.165, 1.54) is 4.88 Å². The molecular weight excluding hydrogens is 295 g/mol. The van der Waals surface area contributed by atoms with Crippen LogP contribution in [0.3, 0.4) is 0 Å². The van der Waals surface area contributed by atoms with Crippen molar-refractivity contribution in [2.24, 2.45) is 0 Å². The first-order chi connectivity index (χ1) is 8.10. The molecule has 0 nitrogen and oxygen atoms in total. The van der Waals surface area contributed by atoms with Gasteiger partial charge in [0.1, 0.15) is 0 Å². The van der Waals surface area contributed by atoms with E-state index < -0.39 is 0 Å². The van der Waals surface area contributed by atoms with Crippen molar-refractivity contribution in [2.45, 2.75) is 18.7 Å². The van der Waals surface area contributed by atoms with Crippen molar-refractivity contribution in [1.29, 1.82) is 0 Å². The van der Waals surface area contributed by atoms with Gasteiger partial charge in [-0.1, -0.05) is 30.1 Å². The summed E-state index contributed by atoms with van der Waals surface area (Å²) in [4.78, 5) is 2.46. The zero-order valence-corrected chi connectivity index (χ0v) is 12.3. The highest BCUT2D eigenvalue weighted by Gasteiger charge is 2.14. The number of rotatable bonds is 3. The van der Waals surface area contributed by atoms with E-state index in [9.17, 15) is 0 Å². The summed E-state index contributed by atoms with van der Waals surface area (Å²) in [6, 6.07) is 9.60. The van der Waals surface area contributed by atoms with Crippen LogP contribution in [-0.2, 0) is 6.42 Å². The van der Waals surface area contributed by atoms with Crippen molar-refractivity contribution in [1.82, 2.24) is 0 Å². The van der Waals surface area contributed by atoms with Crippen LogP contribution in [0.2, 0.25) is 10.0 Å². The lowest BCUT2D eigenvalue weighted by Gasteiger charge is -2.08. The molecule has 0 aliphatic heterocycles. The van der Waals surface area contributed by atoms with Gasteiger partial charge in [-0.15, -0.1) is 22.9 Å². The van der Waals surface area contributed by atoms with Crippen LogP contribution in [0.5, 0.6) is 0 Å². The van der Waals surface area contributed by atoms with Crippen molar-refractivity contribution in [3.05, 3.63) is 55.7 Å². The number of alkyl halides is 1. The van der Waals surface area contributed by atoms with Gasteiger partial charge in [0.2, 0.25) is 0 Å². The molecule has 17 heavy (non-hydrogen) atoms. The molecule has 1 atom stereocenters. The van der Waals surface area contributed by atoms with Gasteiger partial charge in [0.25, 0.3) is 0 Å². The predicted molar refractivity (Wildman–Crippen MR) is 77.9 cm³/mol. The standard InChI is InChI=1S/C13H11Cl3S/c1-2-11-3-4-12(17-11)13(16)8-5-9(14)7-10(15)6-8/h3-7,13H,2H2,1H3. The predicted octanol–water partition coefficient (Wildman–Crippen LogP) is 5.95. The average Bonchev–Trinajstić information content (AvgIpc) is 2.75. The molecule has 0 saturated heterocycles. The fourth-order valence-corrected chi connectivity index (χ4v) is 3.44. The Labute approximate surface area is 120 Å². The Morgan fingerprint density at radius 3 is 2.29 bits per heavy atom. The van der Waals surface area contributed by atoms with E-state index in [1.54, 1.807) is 17.4 Å². The monoisotopic (exact) mass is 304 g/mol. The van der Waals surface area contributed by atoms with Crippen LogP contribution >= 0.6 is 46.1 Å². The summed E-state index contributed by atoms with van der Waals surface area (Å²) in [5.74, 6) is 0. The highest BCUT2D eigenvalue weighted by atomic mass is 35.5. The third kappa shape index (κ3) is 3.17. The molecule has 0 bridgehead atoms. The molecule has 0 aliphatic carbocycles. The van der Waals surface area contributed by atoms with Crippen LogP contribution in [0.25, 0.3) is 0 Å². The number of hydrogen-bond donors (Lipinski definition) is 0. The average molecular weight is 306 g/mol. The normalized spacial score (nSPS) is 12.7. The molecule has 2 rings (SSSR count). The van der Waals surface area contributed by atoms with Crippen LogP contribution in [0, 0.1) is 0 Å². The first kappa shape index (κ1) is 13.2. The van der Waals surface area contributed by atoms with Crippen LogP contribution in [0.4, 0.5) is 0 Å². The summed E-state index contributed by atoms with van der Waals surface area (Å²) in [6.07, 6.45) is 1.03. The first-order valence-electron chi connectivity index (χ1n) is 5.29. The topological polar surface area (TPSA) is 0 Å². The second-order valence-electron chi connectivity index (χ2n) is 3.72. The Morgan fingerprint density at radius 2 is 1.76 bits per heavy atom. The molecule has 0 N–H and O–H groups in total. The Hall–Kier alpha value is -0.210. The van der Waals surface area contributed by atoms with Gasteiger partial charge in [0.05, 0.1) is 5.38 Å². The largest absolute Gasteiger partial charge is 0.143 e. The van der Waals surface area contributed by atoms with Gasteiger partial charge in [0.15, 0.2) is 0 Å². The molecule has 1 heterocycles. The summed E-state index contributed by atoms with van der Waals surface area (Å²) in [5, 5.41) is 1.05. The second-order valence-corrected chi connectivity index (χ2v) is 6.23. The molecule has 0 radical (unpaired) electrons. The smallest absolute Gasteiger partial charge is 0.0928 e. The van der Waals surface area contributed by atoms with Crippen LogP contribution < -0.4 is 0 Å². The zero-order valence-electron chi connectivity index (χ0n) is 9.21. The van der Waals surface area contributed by atoms with Crippen LogP contribution in [0.15, 0.2) is 30.3 Å². The van der Waals surface area contributed by atoms with Gasteiger partial charge in [-0.2, -0.15) is 0 Å². The fraction of sp³-hybridized carbons (Fsp3) is 0.231. The van der Waals surface area contributed by atoms with E-state index in [4.69, 9.17) is 34.8 Å². The first-order valence-corrected chi connectivity index (χ1v) is 7.29. The number of aryl methyl sites for hydroxylation is 1. The van der Waals surface area contributed by atoms with Crippen molar-refractivity contribution in [3.63, 3.8) is 0 Å². The van der Waals surface area contributed by atoms with E-state index in [0.29, 0.717) is 10.0 Å². The number of benzene rings is 1. The maximum absolute atomic E-state index is 6.44. The molecule has 0 spiro atoms. The SMILES string of the molecule is CCc1ccc(C(Cl)c2cc(Cl)cc(Cl)c2)s1. The molecule has 0 saturated carbocycles. The summed E-state index contributed by atoms with van der Waals surface area (Å²) in [5.41, 5.74) is 0.939. The molecule has 1 aromatic carbocycles. The van der Waals surface area contributed by atoms with Gasteiger partial charge in [0, 0.05) is 19.8 Å². The van der Waals surface area contributed by atoms with E-state index in [2.05, 4.69) is 19.1 Å². The lowest BCUT2D eigenvalue weighted by molar-refractivity contribution is 1.18. The fourth-order valence-electron chi connectivity index (χ4n) is 1.61. The molecular formula is C13H11Cl3S. The third-order valence-corrected chi connectivity index (χ3v) is 4.81. The van der Waals surface area contributed by atoms with E-state index in [-0.39, 0.29) is 5.38 Å². The Balaban J connectivity index is 2.32. The van der Waals surface area contributed by atoms with Gasteiger partial charge < -0.3 is 0 Å². The zero-order chi connectivity index (χ0) is 12.4. The minimum atomic E-state index is -0.184. The van der Waals surface area contributed by atoms with Crippen molar-refractivity contribution >= 4 is 46.1 Å². The van der Waals surface area contributed by atoms with Gasteiger partial charge in [-0.25, -0.2) is 0 Å². The minimum Gasteiger partial charge on any atom is -0.143 e. The highest BCUT2D eigenvalue weighted by molar-refractivity contribution is 7.12. The Kier molecular flexibility index (Phi) is 4.37. The molecule has 1 unspecified atom stereocenters. The lowest BCUT2D eigenvalue weighted by Crippen LogP contribution is -1.90. The van der Waals surface area contributed by atoms with E-state index >= 15 is 0 Å². The summed E-state index contributed by atoms with van der Waals surface area (Å²) >= 11 is 20.1. The highest BCUT2D eigenvalue weighted by Crippen LogP contribution is 2.36. The van der Waals surface area contributed by atoms with Crippen molar-refractivity contribution in [3.8, 4) is 0 Å². The summed E-state index contributed by atoms with van der Waals surface area (Å²) in [7, 11) is 0. The minimum absolute atomic E-state index is 0.184. The quantitative estimate of drug-likeness (QED) is 0.615. The Morgan fingerprint density at radius 1 is 1.12 bits per heavy atom. The molecule has 90 valence electrons. The van der Waals surface area contributed by atoms with Crippen molar-refractivity contribution in [2.75, 3.05) is 0 Å². The molecule has 4 heteroatoms. The number of thiophene rings is 1. The molecule has 1 aromatic heterocycles. The molecule has 2 aromatic rings. The maximum atomic E-state index is 6.44. The molecule has 0 fully saturated rings. The lowest BCUT2D eigenvalue weighted by atomic mass is 10.1. The maximum Gasteiger partial charge on any atom is 0.0928 e. The molecule has 0 aliphatic rings. The third-order valence-electron chi connectivity index (χ3n) is 2.46. The van der Waals surface area contributed by atoms with Crippen molar-refractivity contribution < 1.29 is 0 Å². The van der Waals surface area contributed by atoms with Crippen LogP contribution in [-0.4, -0.2) is 0 Å². The summed E-state index contributed by atoms with van der Waals surface area (Å²) < 4.78 is 0. The van der Waals surface area contributed by atoms with E-state index in [1.807, 2.05) is 12.1 Å². The second kappa shape index (κ2) is 5.62. The number of halogens is 3. The summed E-state index contributed by atoms with van der Waals surface area (Å²) in [6.45, 7) is 2.13. The van der Waals surface area contributed by atoms with Gasteiger partial charge in [-0.05, 0) is 42.3 Å². The molecule has 0 amide bonds. The van der Waals surface area contributed by atoms with E-state index in [0.717, 1.165) is 16.9 Å². The van der Waals surface area contributed by atoms with Gasteiger partial charge in [-0.3, -0.25) is 0 Å².